The predicted molar refractivity (Wildman–Crippen MR) is 88.2 cm³/mol. The molecule has 0 radical (unpaired) electrons. The summed E-state index contributed by atoms with van der Waals surface area (Å²) in [5, 5.41) is 4.50. The van der Waals surface area contributed by atoms with E-state index in [-0.39, 0.29) is 0 Å². The van der Waals surface area contributed by atoms with E-state index in [9.17, 15) is 0 Å². The Morgan fingerprint density at radius 3 is 2.50 bits per heavy atom. The van der Waals surface area contributed by atoms with Gasteiger partial charge in [0.15, 0.2) is 5.13 Å². The number of nitrogens with zero attached hydrogens (tertiary/aromatic N) is 2. The maximum Gasteiger partial charge on any atom is 0.190 e. The maximum atomic E-state index is 4.72. The zero-order valence-electron chi connectivity index (χ0n) is 12.9. The summed E-state index contributed by atoms with van der Waals surface area (Å²) < 4.78 is 0. The Morgan fingerprint density at radius 1 is 1.25 bits per heavy atom. The molecule has 0 bridgehead atoms. The SMILES string of the molecule is CCNC(C)c1sc(N(C)c2ccc(C)cc2)nc1C. The first-order valence-electron chi connectivity index (χ1n) is 7.04. The first-order chi connectivity index (χ1) is 9.52. The van der Waals surface area contributed by atoms with Crippen molar-refractivity contribution in [1.82, 2.24) is 10.3 Å². The lowest BCUT2D eigenvalue weighted by atomic mass is 10.2. The Morgan fingerprint density at radius 2 is 1.90 bits per heavy atom. The van der Waals surface area contributed by atoms with Crippen molar-refractivity contribution < 1.29 is 0 Å². The summed E-state index contributed by atoms with van der Waals surface area (Å²) in [4.78, 5) is 8.19. The maximum absolute atomic E-state index is 4.72. The molecule has 0 saturated heterocycles. The lowest BCUT2D eigenvalue weighted by molar-refractivity contribution is 0.603. The molecule has 0 amide bonds. The number of aromatic nitrogens is 1. The Bertz CT molecular complexity index is 560. The van der Waals surface area contributed by atoms with E-state index in [1.54, 1.807) is 11.3 Å². The number of anilines is 2. The van der Waals surface area contributed by atoms with Crippen LogP contribution in [-0.2, 0) is 0 Å². The normalized spacial score (nSPS) is 12.4. The summed E-state index contributed by atoms with van der Waals surface area (Å²) in [6.07, 6.45) is 0. The van der Waals surface area contributed by atoms with Crippen molar-refractivity contribution in [2.75, 3.05) is 18.5 Å². The van der Waals surface area contributed by atoms with Gasteiger partial charge in [-0.2, -0.15) is 0 Å². The molecule has 0 fully saturated rings. The Kier molecular flexibility index (Phi) is 4.78. The number of rotatable bonds is 5. The molecule has 4 heteroatoms. The molecule has 0 spiro atoms. The van der Waals surface area contributed by atoms with Crippen LogP contribution in [0, 0.1) is 13.8 Å². The van der Waals surface area contributed by atoms with Crippen LogP contribution in [-0.4, -0.2) is 18.6 Å². The van der Waals surface area contributed by atoms with Crippen molar-refractivity contribution in [3.8, 4) is 0 Å². The molecule has 0 aliphatic heterocycles. The van der Waals surface area contributed by atoms with E-state index in [1.807, 2.05) is 0 Å². The number of thiazole rings is 1. The molecule has 1 aromatic carbocycles. The summed E-state index contributed by atoms with van der Waals surface area (Å²) >= 11 is 1.77. The second-order valence-corrected chi connectivity index (χ2v) is 6.13. The molecule has 3 nitrogen and oxygen atoms in total. The molecule has 0 saturated carbocycles. The highest BCUT2D eigenvalue weighted by molar-refractivity contribution is 7.15. The summed E-state index contributed by atoms with van der Waals surface area (Å²) in [5.41, 5.74) is 3.57. The number of aryl methyl sites for hydroxylation is 2. The van der Waals surface area contributed by atoms with Crippen molar-refractivity contribution in [3.63, 3.8) is 0 Å². The fourth-order valence-electron chi connectivity index (χ4n) is 2.22. The largest absolute Gasteiger partial charge is 0.321 e. The highest BCUT2D eigenvalue weighted by Crippen LogP contribution is 2.33. The molecule has 0 aliphatic carbocycles. The third-order valence-corrected chi connectivity index (χ3v) is 4.85. The number of hydrogen-bond acceptors (Lipinski definition) is 4. The number of benzene rings is 1. The number of hydrogen-bond donors (Lipinski definition) is 1. The van der Waals surface area contributed by atoms with Gasteiger partial charge in [0.1, 0.15) is 0 Å². The van der Waals surface area contributed by atoms with E-state index in [1.165, 1.54) is 16.1 Å². The van der Waals surface area contributed by atoms with Gasteiger partial charge in [0.05, 0.1) is 5.69 Å². The van der Waals surface area contributed by atoms with Crippen LogP contribution in [0.3, 0.4) is 0 Å². The van der Waals surface area contributed by atoms with Crippen LogP contribution in [0.25, 0.3) is 0 Å². The smallest absolute Gasteiger partial charge is 0.190 e. The van der Waals surface area contributed by atoms with E-state index < -0.39 is 0 Å². The molecule has 1 aromatic heterocycles. The quantitative estimate of drug-likeness (QED) is 0.894. The van der Waals surface area contributed by atoms with E-state index in [0.717, 1.165) is 17.4 Å². The van der Waals surface area contributed by atoms with E-state index in [2.05, 4.69) is 69.2 Å². The highest BCUT2D eigenvalue weighted by Gasteiger charge is 2.16. The average Bonchev–Trinajstić information content (AvgIpc) is 2.81. The van der Waals surface area contributed by atoms with Gasteiger partial charge < -0.3 is 10.2 Å². The van der Waals surface area contributed by atoms with Gasteiger partial charge in [-0.15, -0.1) is 0 Å². The number of nitrogens with one attached hydrogen (secondary N) is 1. The average molecular weight is 289 g/mol. The van der Waals surface area contributed by atoms with Crippen molar-refractivity contribution in [2.45, 2.75) is 33.7 Å². The molecule has 1 unspecified atom stereocenters. The monoisotopic (exact) mass is 289 g/mol. The second-order valence-electron chi connectivity index (χ2n) is 5.12. The summed E-state index contributed by atoms with van der Waals surface area (Å²) in [7, 11) is 2.07. The van der Waals surface area contributed by atoms with Crippen LogP contribution in [0.15, 0.2) is 24.3 Å². The van der Waals surface area contributed by atoms with Crippen LogP contribution < -0.4 is 10.2 Å². The zero-order chi connectivity index (χ0) is 14.7. The fourth-order valence-corrected chi connectivity index (χ4v) is 3.29. The minimum absolute atomic E-state index is 0.359. The van der Waals surface area contributed by atoms with Crippen molar-refractivity contribution in [1.29, 1.82) is 0 Å². The van der Waals surface area contributed by atoms with E-state index in [4.69, 9.17) is 4.98 Å². The molecule has 1 heterocycles. The van der Waals surface area contributed by atoms with Gasteiger partial charge in [-0.05, 0) is 39.4 Å². The van der Waals surface area contributed by atoms with Gasteiger partial charge in [0, 0.05) is 23.7 Å². The van der Waals surface area contributed by atoms with Crippen LogP contribution in [0.2, 0.25) is 0 Å². The summed E-state index contributed by atoms with van der Waals surface area (Å²) in [6, 6.07) is 8.90. The Hall–Kier alpha value is -1.39. The first-order valence-corrected chi connectivity index (χ1v) is 7.85. The topological polar surface area (TPSA) is 28.2 Å². The lowest BCUT2D eigenvalue weighted by Gasteiger charge is -2.16. The molecule has 1 N–H and O–H groups in total. The molecule has 0 aliphatic rings. The van der Waals surface area contributed by atoms with Crippen molar-refractivity contribution >= 4 is 22.2 Å². The third kappa shape index (κ3) is 3.19. The molecular formula is C16H23N3S. The first kappa shape index (κ1) is 15.0. The van der Waals surface area contributed by atoms with E-state index >= 15 is 0 Å². The molecule has 1 atom stereocenters. The van der Waals surface area contributed by atoms with Crippen LogP contribution in [0.4, 0.5) is 10.8 Å². The van der Waals surface area contributed by atoms with Gasteiger partial charge in [0.25, 0.3) is 0 Å². The molecule has 2 rings (SSSR count). The molecule has 108 valence electrons. The third-order valence-electron chi connectivity index (χ3n) is 3.43. The van der Waals surface area contributed by atoms with Gasteiger partial charge in [-0.1, -0.05) is 36.0 Å². The van der Waals surface area contributed by atoms with Crippen molar-refractivity contribution in [3.05, 3.63) is 40.4 Å². The molecule has 20 heavy (non-hydrogen) atoms. The van der Waals surface area contributed by atoms with Gasteiger partial charge in [0.2, 0.25) is 0 Å². The Labute approximate surface area is 125 Å². The minimum atomic E-state index is 0.359. The summed E-state index contributed by atoms with van der Waals surface area (Å²) in [6.45, 7) is 9.49. The second kappa shape index (κ2) is 6.37. The van der Waals surface area contributed by atoms with Gasteiger partial charge >= 0.3 is 0 Å². The fraction of sp³-hybridized carbons (Fsp3) is 0.438. The Balaban J connectivity index is 2.24. The van der Waals surface area contributed by atoms with Crippen molar-refractivity contribution in [2.24, 2.45) is 0 Å². The molecule has 2 aromatic rings. The standard InChI is InChI=1S/C16H23N3S/c1-6-17-12(3)15-13(4)18-16(20-15)19(5)14-9-7-11(2)8-10-14/h7-10,12,17H,6H2,1-5H3. The summed E-state index contributed by atoms with van der Waals surface area (Å²) in [5.74, 6) is 0. The van der Waals surface area contributed by atoms with Gasteiger partial charge in [-0.25, -0.2) is 4.98 Å². The zero-order valence-corrected chi connectivity index (χ0v) is 13.7. The lowest BCUT2D eigenvalue weighted by Crippen LogP contribution is -2.17. The van der Waals surface area contributed by atoms with Gasteiger partial charge in [-0.3, -0.25) is 0 Å². The van der Waals surface area contributed by atoms with Crippen LogP contribution in [0.5, 0.6) is 0 Å². The van der Waals surface area contributed by atoms with Crippen LogP contribution >= 0.6 is 11.3 Å². The van der Waals surface area contributed by atoms with E-state index in [0.29, 0.717) is 6.04 Å². The minimum Gasteiger partial charge on any atom is -0.321 e. The van der Waals surface area contributed by atoms with Crippen LogP contribution in [0.1, 0.15) is 36.0 Å². The predicted octanol–water partition coefficient (Wildman–Crippen LogP) is 4.20. The highest BCUT2D eigenvalue weighted by atomic mass is 32.1. The molecular weight excluding hydrogens is 266 g/mol.